The molecular formula is C29H49N3O3. The first kappa shape index (κ1) is 25.7. The summed E-state index contributed by atoms with van der Waals surface area (Å²) in [6, 6.07) is 0. The smallest absolute Gasteiger partial charge is 0.319 e. The van der Waals surface area contributed by atoms with Crippen molar-refractivity contribution in [2.45, 2.75) is 103 Å². The Balaban J connectivity index is 1.35. The minimum absolute atomic E-state index is 0.00948. The molecule has 9 atom stereocenters. The van der Waals surface area contributed by atoms with E-state index in [2.05, 4.69) is 38.5 Å². The van der Waals surface area contributed by atoms with Gasteiger partial charge >= 0.3 is 5.97 Å². The normalized spacial score (nSPS) is 46.1. The van der Waals surface area contributed by atoms with Crippen molar-refractivity contribution in [1.29, 1.82) is 0 Å². The SMILES string of the molecule is CNC12CCCC3C(=C(C)COC1CC(C)CN2)CC1C3CCC2CC(OC(=O)CN)CCC21C. The van der Waals surface area contributed by atoms with Crippen molar-refractivity contribution in [1.82, 2.24) is 10.6 Å². The number of hydrogen-bond donors (Lipinski definition) is 3. The van der Waals surface area contributed by atoms with Crippen molar-refractivity contribution in [3.8, 4) is 0 Å². The molecule has 3 aliphatic carbocycles. The molecule has 5 aliphatic rings. The maximum absolute atomic E-state index is 11.8. The second kappa shape index (κ2) is 10.1. The Morgan fingerprint density at radius 2 is 2.06 bits per heavy atom. The zero-order chi connectivity index (χ0) is 24.8. The fourth-order valence-electron chi connectivity index (χ4n) is 9.01. The minimum Gasteiger partial charge on any atom is -0.461 e. The molecule has 4 fully saturated rings. The molecule has 0 aromatic rings. The Labute approximate surface area is 212 Å². The molecule has 6 heteroatoms. The van der Waals surface area contributed by atoms with Crippen LogP contribution in [0.5, 0.6) is 0 Å². The lowest BCUT2D eigenvalue weighted by Crippen LogP contribution is -2.67. The van der Waals surface area contributed by atoms with Gasteiger partial charge < -0.3 is 20.5 Å². The molecule has 9 unspecified atom stereocenters. The Kier molecular flexibility index (Phi) is 7.39. The van der Waals surface area contributed by atoms with Crippen LogP contribution in [0, 0.1) is 35.0 Å². The monoisotopic (exact) mass is 487 g/mol. The van der Waals surface area contributed by atoms with Gasteiger partial charge in [0.25, 0.3) is 0 Å². The van der Waals surface area contributed by atoms with Crippen LogP contribution >= 0.6 is 0 Å². The number of carbonyl (C=O) groups is 1. The van der Waals surface area contributed by atoms with Crippen LogP contribution in [0.25, 0.3) is 0 Å². The molecule has 5 rings (SSSR count). The lowest BCUT2D eigenvalue weighted by atomic mass is 9.52. The first-order valence-electron chi connectivity index (χ1n) is 14.4. The highest BCUT2D eigenvalue weighted by Crippen LogP contribution is 2.64. The zero-order valence-electron chi connectivity index (χ0n) is 22.5. The first-order chi connectivity index (χ1) is 16.8. The van der Waals surface area contributed by atoms with Gasteiger partial charge in [-0.2, -0.15) is 0 Å². The summed E-state index contributed by atoms with van der Waals surface area (Å²) in [5.74, 6) is 3.31. The van der Waals surface area contributed by atoms with E-state index < -0.39 is 0 Å². The molecular weight excluding hydrogens is 438 g/mol. The average molecular weight is 488 g/mol. The fourth-order valence-corrected chi connectivity index (χ4v) is 9.01. The molecule has 0 radical (unpaired) electrons. The highest BCUT2D eigenvalue weighted by atomic mass is 16.5. The maximum Gasteiger partial charge on any atom is 0.319 e. The van der Waals surface area contributed by atoms with E-state index in [1.54, 1.807) is 5.57 Å². The van der Waals surface area contributed by atoms with Crippen molar-refractivity contribution in [3.63, 3.8) is 0 Å². The Morgan fingerprint density at radius 3 is 2.83 bits per heavy atom. The van der Waals surface area contributed by atoms with Crippen molar-refractivity contribution in [2.75, 3.05) is 26.7 Å². The lowest BCUT2D eigenvalue weighted by Gasteiger charge is -2.54. The summed E-state index contributed by atoms with van der Waals surface area (Å²) in [4.78, 5) is 11.8. The van der Waals surface area contributed by atoms with E-state index in [-0.39, 0.29) is 30.4 Å². The van der Waals surface area contributed by atoms with E-state index in [1.807, 2.05) is 0 Å². The molecule has 0 bridgehead atoms. The summed E-state index contributed by atoms with van der Waals surface area (Å²) in [6.45, 7) is 9.08. The average Bonchev–Trinajstić information content (AvgIpc) is 3.23. The number of esters is 1. The third kappa shape index (κ3) is 4.62. The van der Waals surface area contributed by atoms with Gasteiger partial charge in [-0.3, -0.25) is 10.1 Å². The third-order valence-corrected chi connectivity index (χ3v) is 11.1. The largest absolute Gasteiger partial charge is 0.461 e. The summed E-state index contributed by atoms with van der Waals surface area (Å²) < 4.78 is 12.4. The molecule has 0 aromatic heterocycles. The molecule has 3 saturated carbocycles. The number of hydrogen-bond acceptors (Lipinski definition) is 6. The number of fused-ring (bicyclic) bond motifs is 6. The van der Waals surface area contributed by atoms with Crippen LogP contribution in [0.2, 0.25) is 0 Å². The summed E-state index contributed by atoms with van der Waals surface area (Å²) >= 11 is 0. The van der Waals surface area contributed by atoms with Crippen LogP contribution in [-0.2, 0) is 14.3 Å². The number of ether oxygens (including phenoxy) is 2. The van der Waals surface area contributed by atoms with Gasteiger partial charge in [-0.25, -0.2) is 0 Å². The molecule has 4 N–H and O–H groups in total. The van der Waals surface area contributed by atoms with Gasteiger partial charge in [0.2, 0.25) is 0 Å². The van der Waals surface area contributed by atoms with Gasteiger partial charge in [0.1, 0.15) is 6.10 Å². The number of allylic oxidation sites excluding steroid dienone is 1. The predicted octanol–water partition coefficient (Wildman–Crippen LogP) is 4.14. The third-order valence-electron chi connectivity index (χ3n) is 11.1. The summed E-state index contributed by atoms with van der Waals surface area (Å²) in [5, 5.41) is 7.51. The molecule has 198 valence electrons. The standard InChI is InChI=1S/C29H49N3O3/c1-18-12-26-29(31-4,32-16-18)10-5-6-22-23-8-7-20-13-21(35-27(33)15-30)9-11-28(20,3)25(23)14-24(22)19(2)17-34-26/h18,20-23,25-26,31-32H,5-17,30H2,1-4H3. The van der Waals surface area contributed by atoms with Gasteiger partial charge in [0.15, 0.2) is 0 Å². The number of nitrogens with one attached hydrogen (secondary N) is 2. The van der Waals surface area contributed by atoms with Gasteiger partial charge in [-0.1, -0.05) is 19.4 Å². The molecule has 6 nitrogen and oxygen atoms in total. The van der Waals surface area contributed by atoms with Crippen LogP contribution in [0.4, 0.5) is 0 Å². The van der Waals surface area contributed by atoms with Gasteiger partial charge in [0, 0.05) is 0 Å². The highest BCUT2D eigenvalue weighted by molar-refractivity contribution is 5.71. The van der Waals surface area contributed by atoms with Crippen LogP contribution in [0.15, 0.2) is 11.1 Å². The van der Waals surface area contributed by atoms with Crippen LogP contribution in [-0.4, -0.2) is 50.6 Å². The van der Waals surface area contributed by atoms with E-state index in [9.17, 15) is 4.79 Å². The van der Waals surface area contributed by atoms with Gasteiger partial charge in [-0.05, 0) is 125 Å². The van der Waals surface area contributed by atoms with Crippen LogP contribution in [0.3, 0.4) is 0 Å². The Bertz CT molecular complexity index is 830. The zero-order valence-corrected chi connectivity index (χ0v) is 22.5. The van der Waals surface area contributed by atoms with E-state index in [0.717, 1.165) is 50.7 Å². The number of likely N-dealkylation sites (N-methyl/N-ethyl adjacent to an activating group) is 1. The molecule has 35 heavy (non-hydrogen) atoms. The molecule has 0 amide bonds. The summed E-state index contributed by atoms with van der Waals surface area (Å²) in [7, 11) is 2.11. The molecule has 2 aliphatic heterocycles. The van der Waals surface area contributed by atoms with E-state index in [0.29, 0.717) is 23.2 Å². The van der Waals surface area contributed by atoms with Crippen molar-refractivity contribution in [3.05, 3.63) is 11.1 Å². The molecule has 1 saturated heterocycles. The van der Waals surface area contributed by atoms with Gasteiger partial charge in [0.05, 0.1) is 24.9 Å². The molecule has 2 heterocycles. The summed E-state index contributed by atoms with van der Waals surface area (Å²) in [5.41, 5.74) is 9.00. The number of nitrogens with two attached hydrogens (primary N) is 1. The first-order valence-corrected chi connectivity index (χ1v) is 14.4. The quantitative estimate of drug-likeness (QED) is 0.410. The molecule has 0 spiro atoms. The number of rotatable bonds is 3. The van der Waals surface area contributed by atoms with E-state index in [4.69, 9.17) is 15.2 Å². The lowest BCUT2D eigenvalue weighted by molar-refractivity contribution is -0.155. The van der Waals surface area contributed by atoms with Crippen LogP contribution < -0.4 is 16.4 Å². The maximum atomic E-state index is 11.8. The second-order valence-corrected chi connectivity index (χ2v) is 12.9. The van der Waals surface area contributed by atoms with Crippen molar-refractivity contribution in [2.24, 2.45) is 40.7 Å². The van der Waals surface area contributed by atoms with Crippen molar-refractivity contribution >= 4 is 5.97 Å². The predicted molar refractivity (Wildman–Crippen MR) is 139 cm³/mol. The van der Waals surface area contributed by atoms with E-state index >= 15 is 0 Å². The van der Waals surface area contributed by atoms with Crippen molar-refractivity contribution < 1.29 is 14.3 Å². The van der Waals surface area contributed by atoms with Crippen LogP contribution in [0.1, 0.15) is 85.0 Å². The number of piperidine rings is 1. The Morgan fingerprint density at radius 1 is 1.23 bits per heavy atom. The topological polar surface area (TPSA) is 85.6 Å². The van der Waals surface area contributed by atoms with Gasteiger partial charge in [-0.15, -0.1) is 0 Å². The van der Waals surface area contributed by atoms with E-state index in [1.165, 1.54) is 44.1 Å². The second-order valence-electron chi connectivity index (χ2n) is 12.9. The summed E-state index contributed by atoms with van der Waals surface area (Å²) in [6.07, 6.45) is 12.1. The minimum atomic E-state index is -0.247. The molecule has 0 aromatic carbocycles. The Hall–Kier alpha value is -0.950. The fraction of sp³-hybridized carbons (Fsp3) is 0.897. The number of carbonyl (C=O) groups excluding carboxylic acids is 1. The highest BCUT2D eigenvalue weighted by Gasteiger charge is 2.56.